The zero-order chi connectivity index (χ0) is 16.3. The fourth-order valence-electron chi connectivity index (χ4n) is 2.57. The lowest BCUT2D eigenvalue weighted by molar-refractivity contribution is -0.201. The number of Topliss-reactive ketones (excluding diaryl/α,β-unsaturated/α-hetero) is 2. The first-order valence-corrected chi connectivity index (χ1v) is 7.31. The summed E-state index contributed by atoms with van der Waals surface area (Å²) in [5.74, 6) is -1.62. The van der Waals surface area contributed by atoms with Crippen molar-refractivity contribution in [2.75, 3.05) is 6.61 Å². The van der Waals surface area contributed by atoms with Gasteiger partial charge in [0, 0.05) is 18.9 Å². The number of ketones is 2. The molecule has 0 spiro atoms. The van der Waals surface area contributed by atoms with Crippen LogP contribution in [0.3, 0.4) is 0 Å². The number of esters is 1. The molecule has 2 rings (SSSR count). The fraction of sp³-hybridized carbons (Fsp3) is 0.667. The molecule has 2 fully saturated rings. The van der Waals surface area contributed by atoms with Gasteiger partial charge in [-0.3, -0.25) is 9.59 Å². The van der Waals surface area contributed by atoms with Gasteiger partial charge < -0.3 is 19.7 Å². The van der Waals surface area contributed by atoms with Gasteiger partial charge in [-0.2, -0.15) is 0 Å². The summed E-state index contributed by atoms with van der Waals surface area (Å²) in [6.45, 7) is 1.63. The van der Waals surface area contributed by atoms with E-state index in [9.17, 15) is 24.6 Å². The average molecular weight is 312 g/mol. The normalized spacial score (nSPS) is 36.6. The van der Waals surface area contributed by atoms with Crippen LogP contribution in [0.15, 0.2) is 12.2 Å². The predicted molar refractivity (Wildman–Crippen MR) is 73.8 cm³/mol. The number of allylic oxidation sites excluding steroid dienone is 1. The smallest absolute Gasteiger partial charge is 0.330 e. The van der Waals surface area contributed by atoms with E-state index in [-0.39, 0.29) is 31.1 Å². The molecular formula is C15H20O7. The van der Waals surface area contributed by atoms with Gasteiger partial charge >= 0.3 is 5.97 Å². The predicted octanol–water partition coefficient (Wildman–Crippen LogP) is -0.467. The minimum Gasteiger partial charge on any atom is -0.454 e. The van der Waals surface area contributed by atoms with Crippen molar-refractivity contribution in [3.8, 4) is 0 Å². The van der Waals surface area contributed by atoms with Gasteiger partial charge in [0.1, 0.15) is 12.2 Å². The number of aliphatic hydroxyl groups excluding tert-OH is 2. The van der Waals surface area contributed by atoms with Gasteiger partial charge in [0.25, 0.3) is 0 Å². The number of rotatable bonds is 3. The summed E-state index contributed by atoms with van der Waals surface area (Å²) >= 11 is 0. The summed E-state index contributed by atoms with van der Waals surface area (Å²) in [6, 6.07) is 0. The van der Waals surface area contributed by atoms with Crippen molar-refractivity contribution < 1.29 is 34.1 Å². The minimum atomic E-state index is -1.20. The summed E-state index contributed by atoms with van der Waals surface area (Å²) in [6.07, 6.45) is -0.208. The Morgan fingerprint density at radius 1 is 1.32 bits per heavy atom. The van der Waals surface area contributed by atoms with Crippen LogP contribution in [0.4, 0.5) is 0 Å². The lowest BCUT2D eigenvalue weighted by atomic mass is 9.87. The average Bonchev–Trinajstić information content (AvgIpc) is 2.49. The zero-order valence-corrected chi connectivity index (χ0v) is 12.3. The summed E-state index contributed by atoms with van der Waals surface area (Å²) in [7, 11) is 0. The Hall–Kier alpha value is -1.57. The Balaban J connectivity index is 1.88. The van der Waals surface area contributed by atoms with E-state index in [0.717, 1.165) is 0 Å². The third-order valence-corrected chi connectivity index (χ3v) is 3.98. The molecular weight excluding hydrogens is 292 g/mol. The second kappa shape index (κ2) is 7.13. The highest BCUT2D eigenvalue weighted by Crippen LogP contribution is 2.21. The Bertz CT molecular complexity index is 484. The van der Waals surface area contributed by atoms with Crippen LogP contribution in [0.2, 0.25) is 0 Å². The van der Waals surface area contributed by atoms with E-state index in [4.69, 9.17) is 9.47 Å². The Labute approximate surface area is 127 Å². The van der Waals surface area contributed by atoms with Crippen molar-refractivity contribution in [3.63, 3.8) is 0 Å². The van der Waals surface area contributed by atoms with Crippen LogP contribution in [0.5, 0.6) is 0 Å². The summed E-state index contributed by atoms with van der Waals surface area (Å²) in [5.41, 5.74) is 0. The highest BCUT2D eigenvalue weighted by atomic mass is 16.6. The molecule has 2 aliphatic rings. The first-order valence-electron chi connectivity index (χ1n) is 7.31. The standard InChI is InChI=1S/C15H20O7/c1-8-15(14(20)12(18)7-21-8)22-13(19)5-3-9-2-4-10(16)11(17)6-9/h3,5,8-9,12,14-15,18,20H,2,4,6-7H2,1H3/b5-3+. The molecule has 0 aromatic rings. The van der Waals surface area contributed by atoms with Crippen molar-refractivity contribution in [3.05, 3.63) is 12.2 Å². The van der Waals surface area contributed by atoms with E-state index in [2.05, 4.69) is 0 Å². The zero-order valence-electron chi connectivity index (χ0n) is 12.3. The third kappa shape index (κ3) is 4.00. The van der Waals surface area contributed by atoms with Gasteiger partial charge in [0.2, 0.25) is 0 Å². The summed E-state index contributed by atoms with van der Waals surface area (Å²) in [5, 5.41) is 19.3. The highest BCUT2D eigenvalue weighted by Gasteiger charge is 2.38. The Morgan fingerprint density at radius 2 is 2.05 bits per heavy atom. The van der Waals surface area contributed by atoms with Crippen molar-refractivity contribution in [2.45, 2.75) is 50.6 Å². The molecule has 0 aromatic carbocycles. The molecule has 1 heterocycles. The largest absolute Gasteiger partial charge is 0.454 e. The van der Waals surface area contributed by atoms with Crippen molar-refractivity contribution in [2.24, 2.45) is 5.92 Å². The molecule has 5 unspecified atom stereocenters. The van der Waals surface area contributed by atoms with Gasteiger partial charge in [-0.15, -0.1) is 0 Å². The van der Waals surface area contributed by atoms with Crippen molar-refractivity contribution in [1.29, 1.82) is 0 Å². The van der Waals surface area contributed by atoms with Crippen LogP contribution in [0.1, 0.15) is 26.2 Å². The molecule has 5 atom stereocenters. The highest BCUT2D eigenvalue weighted by molar-refractivity contribution is 6.37. The van der Waals surface area contributed by atoms with Crippen LogP contribution >= 0.6 is 0 Å². The molecule has 1 aliphatic heterocycles. The summed E-state index contributed by atoms with van der Waals surface area (Å²) < 4.78 is 10.3. The van der Waals surface area contributed by atoms with E-state index in [1.165, 1.54) is 6.08 Å². The van der Waals surface area contributed by atoms with Crippen LogP contribution in [-0.4, -0.2) is 58.8 Å². The first-order chi connectivity index (χ1) is 10.4. The molecule has 122 valence electrons. The SMILES string of the molecule is CC1OCC(O)C(O)C1OC(=O)/C=C/C1CCC(=O)C(=O)C1. The molecule has 0 amide bonds. The fourth-order valence-corrected chi connectivity index (χ4v) is 2.57. The van der Waals surface area contributed by atoms with Gasteiger partial charge in [0.05, 0.1) is 12.7 Å². The number of carbonyl (C=O) groups excluding carboxylic acids is 3. The van der Waals surface area contributed by atoms with Gasteiger partial charge in [-0.05, 0) is 19.3 Å². The first kappa shape index (κ1) is 16.8. The molecule has 0 bridgehead atoms. The lowest BCUT2D eigenvalue weighted by Gasteiger charge is -2.35. The summed E-state index contributed by atoms with van der Waals surface area (Å²) in [4.78, 5) is 34.2. The van der Waals surface area contributed by atoms with E-state index in [0.29, 0.717) is 6.42 Å². The minimum absolute atomic E-state index is 0.00949. The number of carbonyl (C=O) groups is 3. The van der Waals surface area contributed by atoms with Crippen LogP contribution in [0.25, 0.3) is 0 Å². The molecule has 7 nitrogen and oxygen atoms in total. The molecule has 1 aliphatic carbocycles. The molecule has 1 saturated carbocycles. The van der Waals surface area contributed by atoms with Crippen molar-refractivity contribution in [1.82, 2.24) is 0 Å². The number of hydrogen-bond donors (Lipinski definition) is 2. The molecule has 1 saturated heterocycles. The van der Waals surface area contributed by atoms with Crippen molar-refractivity contribution >= 4 is 17.5 Å². The second-order valence-corrected chi connectivity index (χ2v) is 5.71. The molecule has 0 aromatic heterocycles. The van der Waals surface area contributed by atoms with Crippen LogP contribution in [0, 0.1) is 5.92 Å². The number of hydrogen-bond acceptors (Lipinski definition) is 7. The second-order valence-electron chi connectivity index (χ2n) is 5.71. The monoisotopic (exact) mass is 312 g/mol. The molecule has 0 radical (unpaired) electrons. The van der Waals surface area contributed by atoms with E-state index in [1.807, 2.05) is 0 Å². The van der Waals surface area contributed by atoms with E-state index < -0.39 is 36.2 Å². The Kier molecular flexibility index (Phi) is 5.44. The Morgan fingerprint density at radius 3 is 2.73 bits per heavy atom. The maximum Gasteiger partial charge on any atom is 0.330 e. The van der Waals surface area contributed by atoms with Gasteiger partial charge in [-0.25, -0.2) is 4.79 Å². The third-order valence-electron chi connectivity index (χ3n) is 3.98. The lowest BCUT2D eigenvalue weighted by Crippen LogP contribution is -2.53. The maximum atomic E-state index is 11.8. The quantitative estimate of drug-likeness (QED) is 0.412. The van der Waals surface area contributed by atoms with Crippen LogP contribution in [-0.2, 0) is 23.9 Å². The number of aliphatic hydroxyl groups is 2. The maximum absolute atomic E-state index is 11.8. The molecule has 22 heavy (non-hydrogen) atoms. The van der Waals surface area contributed by atoms with E-state index >= 15 is 0 Å². The van der Waals surface area contributed by atoms with E-state index in [1.54, 1.807) is 13.0 Å². The van der Waals surface area contributed by atoms with Gasteiger partial charge in [0.15, 0.2) is 17.7 Å². The van der Waals surface area contributed by atoms with Crippen LogP contribution < -0.4 is 0 Å². The topological polar surface area (TPSA) is 110 Å². The van der Waals surface area contributed by atoms with Gasteiger partial charge in [-0.1, -0.05) is 6.08 Å². The number of ether oxygens (including phenoxy) is 2. The molecule has 2 N–H and O–H groups in total. The molecule has 7 heteroatoms.